The van der Waals surface area contributed by atoms with Gasteiger partial charge >= 0.3 is 0 Å². The molecular weight excluding hydrogens is 278 g/mol. The van der Waals surface area contributed by atoms with Crippen molar-refractivity contribution in [3.8, 4) is 11.4 Å². The number of allylic oxidation sites excluding steroid dienone is 2. The number of carbonyl (C=O) groups excluding carboxylic acids is 1. The summed E-state index contributed by atoms with van der Waals surface area (Å²) in [6.45, 7) is 1.23. The molecule has 0 saturated heterocycles. The molecule has 1 N–H and O–H groups in total. The van der Waals surface area contributed by atoms with Gasteiger partial charge in [0.1, 0.15) is 11.4 Å². The fourth-order valence-electron chi connectivity index (χ4n) is 2.52. The van der Waals surface area contributed by atoms with Crippen LogP contribution in [-0.4, -0.2) is 32.2 Å². The number of nitrogens with zero attached hydrogens (tertiary/aromatic N) is 4. The smallest absolute Gasteiger partial charge is 0.223 e. The third-order valence-corrected chi connectivity index (χ3v) is 3.75. The fourth-order valence-corrected chi connectivity index (χ4v) is 2.52. The van der Waals surface area contributed by atoms with Gasteiger partial charge in [0, 0.05) is 31.1 Å². The van der Waals surface area contributed by atoms with Gasteiger partial charge in [-0.25, -0.2) is 0 Å². The van der Waals surface area contributed by atoms with Crippen LogP contribution in [0.1, 0.15) is 19.3 Å². The van der Waals surface area contributed by atoms with Gasteiger partial charge in [-0.3, -0.25) is 19.4 Å². The lowest BCUT2D eigenvalue weighted by Crippen LogP contribution is -2.33. The summed E-state index contributed by atoms with van der Waals surface area (Å²) >= 11 is 0. The van der Waals surface area contributed by atoms with E-state index in [9.17, 15) is 4.79 Å². The molecule has 1 atom stereocenters. The van der Waals surface area contributed by atoms with Gasteiger partial charge in [-0.2, -0.15) is 5.10 Å². The van der Waals surface area contributed by atoms with Gasteiger partial charge in [0.2, 0.25) is 5.91 Å². The van der Waals surface area contributed by atoms with E-state index >= 15 is 0 Å². The largest absolute Gasteiger partial charge is 0.354 e. The van der Waals surface area contributed by atoms with Crippen LogP contribution in [0.3, 0.4) is 0 Å². The number of amides is 1. The molecule has 6 heteroatoms. The van der Waals surface area contributed by atoms with Gasteiger partial charge < -0.3 is 5.32 Å². The Kier molecular flexibility index (Phi) is 4.58. The van der Waals surface area contributed by atoms with Crippen LogP contribution in [0.5, 0.6) is 0 Å². The predicted molar refractivity (Wildman–Crippen MR) is 82.7 cm³/mol. The van der Waals surface area contributed by atoms with Crippen molar-refractivity contribution < 1.29 is 4.79 Å². The molecule has 0 bridgehead atoms. The maximum Gasteiger partial charge on any atom is 0.223 e. The highest BCUT2D eigenvalue weighted by atomic mass is 16.1. The van der Waals surface area contributed by atoms with E-state index in [1.54, 1.807) is 18.6 Å². The van der Waals surface area contributed by atoms with Crippen molar-refractivity contribution >= 4 is 5.91 Å². The SMILES string of the molecule is O=C(NCCn1ccc(-c2cnccn2)n1)[C@H]1CC=CCC1. The minimum absolute atomic E-state index is 0.123. The van der Waals surface area contributed by atoms with Crippen LogP contribution in [0.15, 0.2) is 43.0 Å². The van der Waals surface area contributed by atoms with Crippen molar-refractivity contribution in [1.29, 1.82) is 0 Å². The molecule has 1 amide bonds. The normalized spacial score (nSPS) is 17.4. The van der Waals surface area contributed by atoms with E-state index in [0.717, 1.165) is 30.7 Å². The number of hydrogen-bond donors (Lipinski definition) is 1. The fraction of sp³-hybridized carbons (Fsp3) is 0.375. The van der Waals surface area contributed by atoms with Gasteiger partial charge in [-0.05, 0) is 25.3 Å². The first-order chi connectivity index (χ1) is 10.8. The third-order valence-electron chi connectivity index (χ3n) is 3.75. The second-order valence-corrected chi connectivity index (χ2v) is 5.33. The van der Waals surface area contributed by atoms with E-state index in [1.807, 2.05) is 16.9 Å². The molecule has 2 aromatic rings. The lowest BCUT2D eigenvalue weighted by molar-refractivity contribution is -0.125. The molecule has 0 aromatic carbocycles. The molecular formula is C16H19N5O. The molecule has 2 aromatic heterocycles. The zero-order valence-corrected chi connectivity index (χ0v) is 12.4. The summed E-state index contributed by atoms with van der Waals surface area (Å²) in [5.41, 5.74) is 1.54. The first-order valence-corrected chi connectivity index (χ1v) is 7.55. The predicted octanol–water partition coefficient (Wildman–Crippen LogP) is 1.81. The number of aromatic nitrogens is 4. The Balaban J connectivity index is 1.49. The van der Waals surface area contributed by atoms with E-state index < -0.39 is 0 Å². The minimum atomic E-state index is 0.123. The van der Waals surface area contributed by atoms with Gasteiger partial charge in [-0.1, -0.05) is 12.2 Å². The lowest BCUT2D eigenvalue weighted by Gasteiger charge is -2.17. The van der Waals surface area contributed by atoms with Crippen molar-refractivity contribution in [2.45, 2.75) is 25.8 Å². The molecule has 6 nitrogen and oxygen atoms in total. The Bertz CT molecular complexity index is 650. The highest BCUT2D eigenvalue weighted by Gasteiger charge is 2.17. The zero-order chi connectivity index (χ0) is 15.2. The van der Waals surface area contributed by atoms with Crippen LogP contribution < -0.4 is 5.32 Å². The molecule has 0 radical (unpaired) electrons. The topological polar surface area (TPSA) is 72.7 Å². The Morgan fingerprint density at radius 2 is 2.27 bits per heavy atom. The molecule has 0 fully saturated rings. The Morgan fingerprint density at radius 1 is 1.32 bits per heavy atom. The standard InChI is InChI=1S/C16H19N5O/c22-16(13-4-2-1-3-5-13)19-9-11-21-10-6-14(20-21)15-12-17-7-8-18-15/h1-2,6-8,10,12-13H,3-5,9,11H2,(H,19,22)/t13-/m0/s1. The summed E-state index contributed by atoms with van der Waals surface area (Å²) in [6, 6.07) is 1.90. The lowest BCUT2D eigenvalue weighted by atomic mass is 9.94. The van der Waals surface area contributed by atoms with Crippen LogP contribution in [-0.2, 0) is 11.3 Å². The molecule has 0 spiro atoms. The summed E-state index contributed by atoms with van der Waals surface area (Å²) in [5, 5.41) is 7.43. The van der Waals surface area contributed by atoms with E-state index in [1.165, 1.54) is 0 Å². The van der Waals surface area contributed by atoms with Crippen LogP contribution in [0.25, 0.3) is 11.4 Å². The molecule has 2 heterocycles. The molecule has 114 valence electrons. The number of hydrogen-bond acceptors (Lipinski definition) is 4. The highest BCUT2D eigenvalue weighted by molar-refractivity contribution is 5.78. The molecule has 3 rings (SSSR count). The maximum absolute atomic E-state index is 12.0. The summed E-state index contributed by atoms with van der Waals surface area (Å²) in [7, 11) is 0. The quantitative estimate of drug-likeness (QED) is 0.854. The Labute approximate surface area is 129 Å². The van der Waals surface area contributed by atoms with Crippen molar-refractivity contribution in [2.75, 3.05) is 6.54 Å². The summed E-state index contributed by atoms with van der Waals surface area (Å²) in [5.74, 6) is 0.267. The molecule has 1 aliphatic carbocycles. The van der Waals surface area contributed by atoms with E-state index in [2.05, 4.69) is 32.5 Å². The molecule has 0 aliphatic heterocycles. The van der Waals surface area contributed by atoms with Gasteiger partial charge in [0.05, 0.1) is 12.7 Å². The minimum Gasteiger partial charge on any atom is -0.354 e. The van der Waals surface area contributed by atoms with Crippen molar-refractivity contribution in [3.63, 3.8) is 0 Å². The number of rotatable bonds is 5. The maximum atomic E-state index is 12.0. The number of nitrogens with one attached hydrogen (secondary N) is 1. The van der Waals surface area contributed by atoms with Gasteiger partial charge in [0.15, 0.2) is 0 Å². The molecule has 1 aliphatic rings. The van der Waals surface area contributed by atoms with Gasteiger partial charge in [-0.15, -0.1) is 0 Å². The molecule has 22 heavy (non-hydrogen) atoms. The van der Waals surface area contributed by atoms with E-state index in [-0.39, 0.29) is 11.8 Å². The second-order valence-electron chi connectivity index (χ2n) is 5.33. The molecule has 0 saturated carbocycles. The average Bonchev–Trinajstić information content (AvgIpc) is 3.05. The van der Waals surface area contributed by atoms with Gasteiger partial charge in [0.25, 0.3) is 0 Å². The summed E-state index contributed by atoms with van der Waals surface area (Å²) < 4.78 is 1.81. The Morgan fingerprint density at radius 3 is 3.05 bits per heavy atom. The summed E-state index contributed by atoms with van der Waals surface area (Å²) in [6.07, 6.45) is 13.9. The Hall–Kier alpha value is -2.50. The van der Waals surface area contributed by atoms with Crippen LogP contribution >= 0.6 is 0 Å². The second kappa shape index (κ2) is 6.98. The monoisotopic (exact) mass is 297 g/mol. The summed E-state index contributed by atoms with van der Waals surface area (Å²) in [4.78, 5) is 20.3. The van der Waals surface area contributed by atoms with E-state index in [4.69, 9.17) is 0 Å². The van der Waals surface area contributed by atoms with Crippen LogP contribution in [0.2, 0.25) is 0 Å². The first kappa shape index (κ1) is 14.4. The third kappa shape index (κ3) is 3.58. The van der Waals surface area contributed by atoms with Crippen molar-refractivity contribution in [2.24, 2.45) is 5.92 Å². The zero-order valence-electron chi connectivity index (χ0n) is 12.4. The van der Waals surface area contributed by atoms with Crippen LogP contribution in [0.4, 0.5) is 0 Å². The average molecular weight is 297 g/mol. The number of carbonyl (C=O) groups is 1. The molecule has 0 unspecified atom stereocenters. The van der Waals surface area contributed by atoms with Crippen LogP contribution in [0, 0.1) is 5.92 Å². The highest BCUT2D eigenvalue weighted by Crippen LogP contribution is 2.17. The first-order valence-electron chi connectivity index (χ1n) is 7.55. The van der Waals surface area contributed by atoms with Crippen molar-refractivity contribution in [3.05, 3.63) is 43.0 Å². The van der Waals surface area contributed by atoms with E-state index in [0.29, 0.717) is 13.1 Å². The van der Waals surface area contributed by atoms with Crippen molar-refractivity contribution in [1.82, 2.24) is 25.1 Å².